The van der Waals surface area contributed by atoms with E-state index >= 15 is 0 Å². The van der Waals surface area contributed by atoms with Crippen molar-refractivity contribution in [2.45, 2.75) is 20.4 Å². The van der Waals surface area contributed by atoms with E-state index in [2.05, 4.69) is 19.2 Å². The van der Waals surface area contributed by atoms with Crippen molar-refractivity contribution in [3.8, 4) is 5.75 Å². The van der Waals surface area contributed by atoms with Crippen LogP contribution in [0, 0.1) is 5.92 Å². The summed E-state index contributed by atoms with van der Waals surface area (Å²) in [5, 5.41) is 2.88. The molecule has 0 atom stereocenters. The zero-order valence-electron chi connectivity index (χ0n) is 13.4. The number of hydrogen-bond donors (Lipinski definition) is 2. The van der Waals surface area contributed by atoms with Crippen LogP contribution in [0.4, 0.5) is 5.69 Å². The van der Waals surface area contributed by atoms with Crippen LogP contribution in [0.5, 0.6) is 5.75 Å². The number of rotatable bonds is 6. The molecule has 3 N–H and O–H groups in total. The average molecular weight is 335 g/mol. The number of carbonyl (C=O) groups is 1. The summed E-state index contributed by atoms with van der Waals surface area (Å²) in [5.41, 5.74) is 7.83. The molecule has 0 unspecified atom stereocenters. The summed E-state index contributed by atoms with van der Waals surface area (Å²) >= 11 is 0. The molecule has 0 radical (unpaired) electrons. The smallest absolute Gasteiger partial charge is 0.251 e. The van der Waals surface area contributed by atoms with Gasteiger partial charge in [0.2, 0.25) is 0 Å². The molecule has 0 aliphatic rings. The van der Waals surface area contributed by atoms with Gasteiger partial charge in [-0.05, 0) is 41.8 Å². The maximum Gasteiger partial charge on any atom is 0.251 e. The van der Waals surface area contributed by atoms with E-state index in [1.807, 2.05) is 24.3 Å². The number of anilines is 1. The van der Waals surface area contributed by atoms with Gasteiger partial charge >= 0.3 is 0 Å². The van der Waals surface area contributed by atoms with Crippen molar-refractivity contribution in [1.82, 2.24) is 5.32 Å². The molecule has 0 aliphatic carbocycles. The molecular weight excluding hydrogens is 312 g/mol. The Morgan fingerprint density at radius 1 is 1.17 bits per heavy atom. The highest BCUT2D eigenvalue weighted by molar-refractivity contribution is 5.94. The van der Waals surface area contributed by atoms with E-state index in [1.54, 1.807) is 24.3 Å². The van der Waals surface area contributed by atoms with Crippen LogP contribution in [-0.4, -0.2) is 12.5 Å². The van der Waals surface area contributed by atoms with Gasteiger partial charge in [-0.3, -0.25) is 4.79 Å². The molecule has 1 amide bonds. The fraction of sp³-hybridized carbons (Fsp3) is 0.278. The lowest BCUT2D eigenvalue weighted by atomic mass is 10.1. The summed E-state index contributed by atoms with van der Waals surface area (Å²) < 4.78 is 5.69. The minimum atomic E-state index is -0.138. The SMILES string of the molecule is CC(C)COc1cccc(CNC(=O)c2cccc(N)c2)c1.Cl. The molecular formula is C18H23ClN2O2. The molecule has 0 fully saturated rings. The third-order valence-corrected chi connectivity index (χ3v) is 3.08. The van der Waals surface area contributed by atoms with Gasteiger partial charge in [0.1, 0.15) is 5.75 Å². The Morgan fingerprint density at radius 3 is 2.61 bits per heavy atom. The van der Waals surface area contributed by atoms with Crippen LogP contribution in [0.1, 0.15) is 29.8 Å². The second-order valence-electron chi connectivity index (χ2n) is 5.66. The number of ether oxygens (including phenoxy) is 1. The minimum Gasteiger partial charge on any atom is -0.493 e. The molecule has 0 spiro atoms. The molecule has 0 bridgehead atoms. The van der Waals surface area contributed by atoms with Gasteiger partial charge in [0, 0.05) is 17.8 Å². The zero-order chi connectivity index (χ0) is 15.9. The Balaban J connectivity index is 0.00000264. The van der Waals surface area contributed by atoms with Gasteiger partial charge in [0.25, 0.3) is 5.91 Å². The quantitative estimate of drug-likeness (QED) is 0.792. The Hall–Kier alpha value is -2.20. The third kappa shape index (κ3) is 6.20. The van der Waals surface area contributed by atoms with Crippen molar-refractivity contribution < 1.29 is 9.53 Å². The van der Waals surface area contributed by atoms with Gasteiger partial charge in [0.05, 0.1) is 6.61 Å². The number of amides is 1. The van der Waals surface area contributed by atoms with E-state index in [4.69, 9.17) is 10.5 Å². The molecule has 2 rings (SSSR count). The molecule has 2 aromatic carbocycles. The van der Waals surface area contributed by atoms with Crippen molar-refractivity contribution >= 4 is 24.0 Å². The number of nitrogens with two attached hydrogens (primary N) is 1. The predicted molar refractivity (Wildman–Crippen MR) is 96.0 cm³/mol. The van der Waals surface area contributed by atoms with Crippen molar-refractivity contribution in [2.75, 3.05) is 12.3 Å². The van der Waals surface area contributed by atoms with Crippen LogP contribution in [-0.2, 0) is 6.54 Å². The van der Waals surface area contributed by atoms with E-state index in [9.17, 15) is 4.79 Å². The van der Waals surface area contributed by atoms with E-state index in [0.717, 1.165) is 11.3 Å². The number of carbonyl (C=O) groups excluding carboxylic acids is 1. The lowest BCUT2D eigenvalue weighted by Gasteiger charge is -2.10. The topological polar surface area (TPSA) is 64.3 Å². The molecule has 0 aromatic heterocycles. The number of nitrogens with one attached hydrogen (secondary N) is 1. The standard InChI is InChI=1S/C18H22N2O2.ClH/c1-13(2)12-22-17-8-3-5-14(9-17)11-20-18(21)15-6-4-7-16(19)10-15;/h3-10,13H,11-12,19H2,1-2H3,(H,20,21);1H. The Kier molecular flexibility index (Phi) is 7.42. The number of halogens is 1. The van der Waals surface area contributed by atoms with Crippen molar-refractivity contribution in [1.29, 1.82) is 0 Å². The normalized spacial score (nSPS) is 10.0. The summed E-state index contributed by atoms with van der Waals surface area (Å²) in [6.07, 6.45) is 0. The van der Waals surface area contributed by atoms with Gasteiger partial charge in [-0.1, -0.05) is 32.0 Å². The van der Waals surface area contributed by atoms with E-state index in [0.29, 0.717) is 30.3 Å². The highest BCUT2D eigenvalue weighted by Crippen LogP contribution is 2.14. The van der Waals surface area contributed by atoms with Crippen LogP contribution in [0.3, 0.4) is 0 Å². The number of nitrogen functional groups attached to an aromatic ring is 1. The molecule has 0 saturated carbocycles. The molecule has 124 valence electrons. The summed E-state index contributed by atoms with van der Waals surface area (Å²) in [6.45, 7) is 5.34. The minimum absolute atomic E-state index is 0. The highest BCUT2D eigenvalue weighted by Gasteiger charge is 2.06. The fourth-order valence-electron chi connectivity index (χ4n) is 1.97. The summed E-state index contributed by atoms with van der Waals surface area (Å²) in [6, 6.07) is 14.7. The van der Waals surface area contributed by atoms with Crippen LogP contribution in [0.15, 0.2) is 48.5 Å². The molecule has 0 saturated heterocycles. The largest absolute Gasteiger partial charge is 0.493 e. The summed E-state index contributed by atoms with van der Waals surface area (Å²) in [4.78, 5) is 12.1. The molecule has 4 nitrogen and oxygen atoms in total. The van der Waals surface area contributed by atoms with Crippen molar-refractivity contribution in [3.05, 3.63) is 59.7 Å². The molecule has 5 heteroatoms. The lowest BCUT2D eigenvalue weighted by molar-refractivity contribution is 0.0951. The first kappa shape index (κ1) is 18.8. The molecule has 0 heterocycles. The highest BCUT2D eigenvalue weighted by atomic mass is 35.5. The lowest BCUT2D eigenvalue weighted by Crippen LogP contribution is -2.22. The van der Waals surface area contributed by atoms with E-state index in [-0.39, 0.29) is 18.3 Å². The monoisotopic (exact) mass is 334 g/mol. The number of benzene rings is 2. The fourth-order valence-corrected chi connectivity index (χ4v) is 1.97. The molecule has 0 aliphatic heterocycles. The van der Waals surface area contributed by atoms with Crippen molar-refractivity contribution in [3.63, 3.8) is 0 Å². The Labute approximate surface area is 143 Å². The van der Waals surface area contributed by atoms with Crippen LogP contribution in [0.2, 0.25) is 0 Å². The first-order valence-electron chi connectivity index (χ1n) is 7.40. The molecule has 2 aromatic rings. The first-order valence-corrected chi connectivity index (χ1v) is 7.40. The van der Waals surface area contributed by atoms with Crippen LogP contribution >= 0.6 is 12.4 Å². The van der Waals surface area contributed by atoms with E-state index < -0.39 is 0 Å². The average Bonchev–Trinajstić information content (AvgIpc) is 2.51. The van der Waals surface area contributed by atoms with Crippen LogP contribution < -0.4 is 15.8 Å². The summed E-state index contributed by atoms with van der Waals surface area (Å²) in [5.74, 6) is 1.16. The van der Waals surface area contributed by atoms with E-state index in [1.165, 1.54) is 0 Å². The third-order valence-electron chi connectivity index (χ3n) is 3.08. The van der Waals surface area contributed by atoms with Gasteiger partial charge in [-0.15, -0.1) is 12.4 Å². The Morgan fingerprint density at radius 2 is 1.91 bits per heavy atom. The van der Waals surface area contributed by atoms with Crippen molar-refractivity contribution in [2.24, 2.45) is 5.92 Å². The van der Waals surface area contributed by atoms with Gasteiger partial charge in [-0.2, -0.15) is 0 Å². The predicted octanol–water partition coefficient (Wildman–Crippen LogP) is 3.66. The maximum absolute atomic E-state index is 12.1. The summed E-state index contributed by atoms with van der Waals surface area (Å²) in [7, 11) is 0. The zero-order valence-corrected chi connectivity index (χ0v) is 14.2. The van der Waals surface area contributed by atoms with Gasteiger partial charge < -0.3 is 15.8 Å². The second-order valence-corrected chi connectivity index (χ2v) is 5.66. The first-order chi connectivity index (χ1) is 10.5. The second kappa shape index (κ2) is 9.06. The van der Waals surface area contributed by atoms with Crippen LogP contribution in [0.25, 0.3) is 0 Å². The molecule has 23 heavy (non-hydrogen) atoms. The van der Waals surface area contributed by atoms with Gasteiger partial charge in [-0.25, -0.2) is 0 Å². The Bertz CT molecular complexity index is 644. The van der Waals surface area contributed by atoms with Gasteiger partial charge in [0.15, 0.2) is 0 Å². The number of hydrogen-bond acceptors (Lipinski definition) is 3. The maximum atomic E-state index is 12.1.